The molecular formula is C68H53N3. The predicted molar refractivity (Wildman–Crippen MR) is 296 cm³/mol. The molecule has 1 fully saturated rings. The number of nitrogens with zero attached hydrogens (tertiary/aromatic N) is 3. The van der Waals surface area contributed by atoms with Crippen molar-refractivity contribution in [2.75, 3.05) is 0 Å². The van der Waals surface area contributed by atoms with Crippen LogP contribution in [0.5, 0.6) is 0 Å². The highest BCUT2D eigenvalue weighted by Crippen LogP contribution is 2.53. The molecule has 3 heterocycles. The van der Waals surface area contributed by atoms with E-state index in [-0.39, 0.29) is 0 Å². The summed E-state index contributed by atoms with van der Waals surface area (Å²) >= 11 is 0. The van der Waals surface area contributed by atoms with Crippen LogP contribution in [-0.4, -0.2) is 15.0 Å². The lowest BCUT2D eigenvalue weighted by Crippen LogP contribution is -2.18. The van der Waals surface area contributed by atoms with Crippen molar-refractivity contribution in [1.29, 1.82) is 0 Å². The van der Waals surface area contributed by atoms with Crippen LogP contribution < -0.4 is 0 Å². The van der Waals surface area contributed by atoms with Gasteiger partial charge in [0.1, 0.15) is 0 Å². The Morgan fingerprint density at radius 3 is 1.45 bits per heavy atom. The van der Waals surface area contributed by atoms with Crippen LogP contribution >= 0.6 is 0 Å². The lowest BCUT2D eigenvalue weighted by Gasteiger charge is -2.33. The largest absolute Gasteiger partial charge is 0.256 e. The van der Waals surface area contributed by atoms with Gasteiger partial charge in [0.05, 0.1) is 16.9 Å². The summed E-state index contributed by atoms with van der Waals surface area (Å²) in [5.41, 5.74) is 21.9. The van der Waals surface area contributed by atoms with Crippen molar-refractivity contribution in [3.05, 3.63) is 236 Å². The Labute approximate surface area is 416 Å². The van der Waals surface area contributed by atoms with Gasteiger partial charge in [0.25, 0.3) is 0 Å². The van der Waals surface area contributed by atoms with Gasteiger partial charge in [-0.2, -0.15) is 0 Å². The standard InChI is InChI=1S/C68H53N3/c1-43-32-51-34-44(2)64-39-47(26-29-63(64)65(51)33-43)67-31-28-50(41-70-67)57-18-9-11-20-59(57)53-36-52(58-19-10-8-17-56(58)49-27-30-66(69-40-49)46-15-4-3-5-16-46)37-54(38-53)60-21-12-13-22-61(60)55-35-48-25-24-45-14-6-7-23-62(45)68(48)71-42-55/h3-31,35-44,51,65H,32-34H2,1-2H3. The smallest absolute Gasteiger partial charge is 0.0780 e. The molecule has 2 aliphatic rings. The molecule has 340 valence electrons. The number of benzene rings is 8. The van der Waals surface area contributed by atoms with E-state index in [1.807, 2.05) is 18.5 Å². The highest BCUT2D eigenvalue weighted by atomic mass is 14.7. The summed E-state index contributed by atoms with van der Waals surface area (Å²) in [6, 6.07) is 75.0. The molecule has 0 N–H and O–H groups in total. The number of rotatable bonds is 8. The second kappa shape index (κ2) is 17.9. The van der Waals surface area contributed by atoms with Crippen molar-refractivity contribution < 1.29 is 0 Å². The Hall–Kier alpha value is -8.27. The molecular weight excluding hydrogens is 859 g/mol. The first kappa shape index (κ1) is 42.8. The van der Waals surface area contributed by atoms with E-state index in [0.29, 0.717) is 11.8 Å². The van der Waals surface area contributed by atoms with Crippen LogP contribution in [0.25, 0.3) is 111 Å². The predicted octanol–water partition coefficient (Wildman–Crippen LogP) is 18.2. The number of hydrogen-bond donors (Lipinski definition) is 0. The monoisotopic (exact) mass is 911 g/mol. The maximum absolute atomic E-state index is 5.19. The van der Waals surface area contributed by atoms with E-state index in [0.717, 1.165) is 106 Å². The first-order valence-corrected chi connectivity index (χ1v) is 25.3. The number of fused-ring (bicyclic) bond motifs is 6. The van der Waals surface area contributed by atoms with E-state index in [2.05, 4.69) is 220 Å². The van der Waals surface area contributed by atoms with Crippen molar-refractivity contribution in [3.63, 3.8) is 0 Å². The van der Waals surface area contributed by atoms with E-state index >= 15 is 0 Å². The summed E-state index contributed by atoms with van der Waals surface area (Å²) in [5.74, 6) is 2.92. The molecule has 0 radical (unpaired) electrons. The van der Waals surface area contributed by atoms with Gasteiger partial charge in [-0.25, -0.2) is 0 Å². The molecule has 4 unspecified atom stereocenters. The minimum Gasteiger partial charge on any atom is -0.256 e. The van der Waals surface area contributed by atoms with Gasteiger partial charge in [0.2, 0.25) is 0 Å². The molecule has 3 heteroatoms. The summed E-state index contributed by atoms with van der Waals surface area (Å²) in [6.07, 6.45) is 10.1. The van der Waals surface area contributed by atoms with E-state index in [9.17, 15) is 0 Å². The van der Waals surface area contributed by atoms with E-state index in [1.54, 1.807) is 5.56 Å². The van der Waals surface area contributed by atoms with Gasteiger partial charge in [-0.05, 0) is 152 Å². The molecule has 11 aromatic rings. The Balaban J connectivity index is 0.926. The van der Waals surface area contributed by atoms with Crippen LogP contribution in [-0.2, 0) is 0 Å². The average molecular weight is 912 g/mol. The third-order valence-electron chi connectivity index (χ3n) is 15.7. The van der Waals surface area contributed by atoms with E-state index in [4.69, 9.17) is 15.0 Å². The molecule has 3 nitrogen and oxygen atoms in total. The summed E-state index contributed by atoms with van der Waals surface area (Å²) in [4.78, 5) is 15.3. The van der Waals surface area contributed by atoms with Crippen LogP contribution in [0.4, 0.5) is 0 Å². The van der Waals surface area contributed by atoms with E-state index in [1.165, 1.54) is 41.2 Å². The zero-order valence-electron chi connectivity index (χ0n) is 40.1. The number of aromatic nitrogens is 3. The Morgan fingerprint density at radius 2 is 0.845 bits per heavy atom. The third-order valence-corrected chi connectivity index (χ3v) is 15.7. The lowest BCUT2D eigenvalue weighted by molar-refractivity contribution is 0.383. The van der Waals surface area contributed by atoms with Gasteiger partial charge in [-0.3, -0.25) is 15.0 Å². The molecule has 0 saturated heterocycles. The fourth-order valence-corrected chi connectivity index (χ4v) is 12.3. The highest BCUT2D eigenvalue weighted by molar-refractivity contribution is 6.06. The van der Waals surface area contributed by atoms with Crippen LogP contribution in [0.1, 0.15) is 56.1 Å². The van der Waals surface area contributed by atoms with Crippen LogP contribution in [0, 0.1) is 11.8 Å². The second-order valence-corrected chi connectivity index (χ2v) is 20.2. The minimum absolute atomic E-state index is 0.573. The normalized spacial score (nSPS) is 17.3. The fourth-order valence-electron chi connectivity index (χ4n) is 12.3. The molecule has 0 spiro atoms. The average Bonchev–Trinajstić information content (AvgIpc) is 3.82. The molecule has 0 bridgehead atoms. The zero-order chi connectivity index (χ0) is 47.4. The van der Waals surface area contributed by atoms with Crippen molar-refractivity contribution >= 4 is 21.7 Å². The first-order chi connectivity index (χ1) is 35.0. The van der Waals surface area contributed by atoms with Gasteiger partial charge < -0.3 is 0 Å². The Morgan fingerprint density at radius 1 is 0.338 bits per heavy atom. The topological polar surface area (TPSA) is 38.7 Å². The maximum Gasteiger partial charge on any atom is 0.0780 e. The van der Waals surface area contributed by atoms with Crippen LogP contribution in [0.2, 0.25) is 0 Å². The van der Waals surface area contributed by atoms with Crippen molar-refractivity contribution in [2.45, 2.75) is 44.9 Å². The van der Waals surface area contributed by atoms with Crippen molar-refractivity contribution in [2.24, 2.45) is 11.8 Å². The number of pyridine rings is 3. The third kappa shape index (κ3) is 7.92. The lowest BCUT2D eigenvalue weighted by atomic mass is 9.72. The number of hydrogen-bond acceptors (Lipinski definition) is 3. The molecule has 0 amide bonds. The van der Waals surface area contributed by atoms with Crippen molar-refractivity contribution in [1.82, 2.24) is 15.0 Å². The molecule has 3 aromatic heterocycles. The second-order valence-electron chi connectivity index (χ2n) is 20.2. The van der Waals surface area contributed by atoms with Crippen molar-refractivity contribution in [3.8, 4) is 89.3 Å². The maximum atomic E-state index is 5.19. The van der Waals surface area contributed by atoms with E-state index < -0.39 is 0 Å². The van der Waals surface area contributed by atoms with Gasteiger partial charge in [0.15, 0.2) is 0 Å². The molecule has 2 aliphatic carbocycles. The molecule has 0 aliphatic heterocycles. The highest BCUT2D eigenvalue weighted by Gasteiger charge is 2.39. The summed E-state index contributed by atoms with van der Waals surface area (Å²) in [5, 5.41) is 3.48. The molecule has 8 aromatic carbocycles. The molecule has 4 atom stereocenters. The quantitative estimate of drug-likeness (QED) is 0.143. The van der Waals surface area contributed by atoms with Crippen LogP contribution in [0.3, 0.4) is 0 Å². The fraction of sp³-hybridized carbons (Fsp3) is 0.132. The SMILES string of the molecule is CC1CC2CC(C)c3cc(-c4ccc(-c5ccccc5-c5cc(-c6ccccc6-c6ccc(-c7ccccc7)nc6)cc(-c6ccccc6-c6cnc7c(ccc8ccccc87)c6)c5)cn4)ccc3C2C1. The summed E-state index contributed by atoms with van der Waals surface area (Å²) in [7, 11) is 0. The van der Waals surface area contributed by atoms with Gasteiger partial charge in [0, 0.05) is 57.2 Å². The minimum atomic E-state index is 0.573. The first-order valence-electron chi connectivity index (χ1n) is 25.3. The Bertz CT molecular complexity index is 3780. The molecule has 1 saturated carbocycles. The molecule has 71 heavy (non-hydrogen) atoms. The zero-order valence-corrected chi connectivity index (χ0v) is 40.1. The van der Waals surface area contributed by atoms with Gasteiger partial charge >= 0.3 is 0 Å². The van der Waals surface area contributed by atoms with Crippen LogP contribution in [0.15, 0.2) is 225 Å². The summed E-state index contributed by atoms with van der Waals surface area (Å²) in [6.45, 7) is 4.86. The van der Waals surface area contributed by atoms with Gasteiger partial charge in [-0.15, -0.1) is 0 Å². The molecule has 13 rings (SSSR count). The van der Waals surface area contributed by atoms with Gasteiger partial charge in [-0.1, -0.05) is 178 Å². The Kier molecular flexibility index (Phi) is 10.8. The summed E-state index contributed by atoms with van der Waals surface area (Å²) < 4.78 is 0.